The Balaban J connectivity index is 2.31. The summed E-state index contributed by atoms with van der Waals surface area (Å²) in [5, 5.41) is 9.39. The monoisotopic (exact) mass is 303 g/mol. The third-order valence-corrected chi connectivity index (χ3v) is 5.52. The minimum absolute atomic E-state index is 0.0275. The molecule has 0 bridgehead atoms. The number of carbonyl (C=O) groups is 1. The molecule has 0 aromatic heterocycles. The van der Waals surface area contributed by atoms with Gasteiger partial charge in [-0.3, -0.25) is 4.79 Å². The van der Waals surface area contributed by atoms with Gasteiger partial charge in [-0.25, -0.2) is 8.42 Å². The Labute approximate surface area is 116 Å². The van der Waals surface area contributed by atoms with Crippen LogP contribution in [0.15, 0.2) is 23.1 Å². The predicted octanol–water partition coefficient (Wildman–Crippen LogP) is 1.74. The van der Waals surface area contributed by atoms with Crippen molar-refractivity contribution in [1.29, 1.82) is 0 Å². The molecular formula is C12H14ClNO4S. The van der Waals surface area contributed by atoms with E-state index >= 15 is 0 Å². The van der Waals surface area contributed by atoms with Crippen LogP contribution in [-0.2, 0) is 14.8 Å². The van der Waals surface area contributed by atoms with Crippen molar-refractivity contribution in [3.63, 3.8) is 0 Å². The summed E-state index contributed by atoms with van der Waals surface area (Å²) in [5.74, 6) is -1.58. The van der Waals surface area contributed by atoms with Gasteiger partial charge in [0.15, 0.2) is 0 Å². The summed E-state index contributed by atoms with van der Waals surface area (Å²) in [7, 11) is -3.64. The first kappa shape index (κ1) is 14.3. The number of nitrogens with zero attached hydrogens (tertiary/aromatic N) is 1. The smallest absolute Gasteiger partial charge is 0.307 e. The molecule has 0 saturated carbocycles. The Bertz CT molecular complexity index is 614. The Hall–Kier alpha value is -1.11. The summed E-state index contributed by atoms with van der Waals surface area (Å²) in [5.41, 5.74) is 0.561. The minimum atomic E-state index is -3.64. The molecular weight excluding hydrogens is 290 g/mol. The van der Waals surface area contributed by atoms with Crippen LogP contribution in [0.25, 0.3) is 0 Å². The quantitative estimate of drug-likeness (QED) is 0.923. The molecule has 1 atom stereocenters. The molecule has 5 nitrogen and oxygen atoms in total. The molecule has 1 N–H and O–H groups in total. The summed E-state index contributed by atoms with van der Waals surface area (Å²) < 4.78 is 26.1. The second-order valence-corrected chi connectivity index (χ2v) is 6.94. The number of sulfonamides is 1. The van der Waals surface area contributed by atoms with Gasteiger partial charge in [-0.15, -0.1) is 0 Å². The van der Waals surface area contributed by atoms with Crippen LogP contribution in [0, 0.1) is 12.8 Å². The zero-order chi connectivity index (χ0) is 14.2. The van der Waals surface area contributed by atoms with Gasteiger partial charge < -0.3 is 5.11 Å². The maximum absolute atomic E-state index is 12.4. The van der Waals surface area contributed by atoms with Gasteiger partial charge >= 0.3 is 5.97 Å². The van der Waals surface area contributed by atoms with E-state index in [-0.39, 0.29) is 18.0 Å². The van der Waals surface area contributed by atoms with Crippen LogP contribution in [0.5, 0.6) is 0 Å². The Kier molecular flexibility index (Phi) is 3.85. The molecule has 1 aromatic rings. The molecule has 1 fully saturated rings. The lowest BCUT2D eigenvalue weighted by molar-refractivity contribution is -0.141. The second kappa shape index (κ2) is 5.11. The highest BCUT2D eigenvalue weighted by Crippen LogP contribution is 2.27. The lowest BCUT2D eigenvalue weighted by Crippen LogP contribution is -2.30. The standard InChI is InChI=1S/C12H14ClNO4S/c1-8-6-10(13)2-3-11(8)19(17,18)14-5-4-9(7-14)12(15)16/h2-3,6,9H,4-5,7H2,1H3,(H,15,16)/t9-/m0/s1. The zero-order valence-corrected chi connectivity index (χ0v) is 11.9. The van der Waals surface area contributed by atoms with Gasteiger partial charge in [-0.05, 0) is 37.1 Å². The van der Waals surface area contributed by atoms with E-state index in [1.807, 2.05) is 0 Å². The van der Waals surface area contributed by atoms with E-state index in [1.165, 1.54) is 16.4 Å². The molecule has 19 heavy (non-hydrogen) atoms. The molecule has 2 rings (SSSR count). The van der Waals surface area contributed by atoms with Crippen molar-refractivity contribution in [1.82, 2.24) is 4.31 Å². The van der Waals surface area contributed by atoms with Crippen LogP contribution in [-0.4, -0.2) is 36.9 Å². The number of hydrogen-bond donors (Lipinski definition) is 1. The number of halogens is 1. The topological polar surface area (TPSA) is 74.7 Å². The molecule has 0 spiro atoms. The molecule has 7 heteroatoms. The maximum atomic E-state index is 12.4. The molecule has 0 radical (unpaired) electrons. The van der Waals surface area contributed by atoms with Crippen LogP contribution in [0.4, 0.5) is 0 Å². The van der Waals surface area contributed by atoms with Crippen LogP contribution < -0.4 is 0 Å². The van der Waals surface area contributed by atoms with Crippen molar-refractivity contribution in [2.24, 2.45) is 5.92 Å². The molecule has 104 valence electrons. The highest BCUT2D eigenvalue weighted by Gasteiger charge is 2.36. The highest BCUT2D eigenvalue weighted by atomic mass is 35.5. The van der Waals surface area contributed by atoms with Crippen molar-refractivity contribution < 1.29 is 18.3 Å². The van der Waals surface area contributed by atoms with Crippen LogP contribution >= 0.6 is 11.6 Å². The first-order chi connectivity index (χ1) is 8.82. The van der Waals surface area contributed by atoms with Gasteiger partial charge in [-0.1, -0.05) is 11.6 Å². The van der Waals surface area contributed by atoms with Crippen molar-refractivity contribution in [2.75, 3.05) is 13.1 Å². The lowest BCUT2D eigenvalue weighted by atomic mass is 10.1. The summed E-state index contributed by atoms with van der Waals surface area (Å²) in [6, 6.07) is 4.56. The van der Waals surface area contributed by atoms with Crippen LogP contribution in [0.2, 0.25) is 5.02 Å². The molecule has 0 unspecified atom stereocenters. The summed E-state index contributed by atoms with van der Waals surface area (Å²) in [6.45, 7) is 1.94. The summed E-state index contributed by atoms with van der Waals surface area (Å²) in [4.78, 5) is 11.1. The van der Waals surface area contributed by atoms with Crippen LogP contribution in [0.1, 0.15) is 12.0 Å². The van der Waals surface area contributed by atoms with Crippen molar-refractivity contribution in [3.05, 3.63) is 28.8 Å². The van der Waals surface area contributed by atoms with E-state index in [2.05, 4.69) is 0 Å². The number of hydrogen-bond acceptors (Lipinski definition) is 3. The minimum Gasteiger partial charge on any atom is -0.481 e. The fourth-order valence-corrected chi connectivity index (χ4v) is 4.12. The SMILES string of the molecule is Cc1cc(Cl)ccc1S(=O)(=O)N1CC[C@H](C(=O)O)C1. The molecule has 1 saturated heterocycles. The van der Waals surface area contributed by atoms with E-state index in [0.717, 1.165) is 0 Å². The molecule has 0 amide bonds. The normalized spacial score (nSPS) is 20.6. The second-order valence-electron chi connectivity index (χ2n) is 4.60. The number of benzene rings is 1. The first-order valence-corrected chi connectivity index (χ1v) is 7.63. The molecule has 1 aliphatic rings. The van der Waals surface area contributed by atoms with Crippen molar-refractivity contribution in [3.8, 4) is 0 Å². The van der Waals surface area contributed by atoms with E-state index < -0.39 is 21.9 Å². The van der Waals surface area contributed by atoms with Gasteiger partial charge in [0.05, 0.1) is 10.8 Å². The van der Waals surface area contributed by atoms with Gasteiger partial charge in [0, 0.05) is 18.1 Å². The summed E-state index contributed by atoms with van der Waals surface area (Å²) in [6.07, 6.45) is 0.348. The van der Waals surface area contributed by atoms with E-state index in [4.69, 9.17) is 16.7 Å². The number of aliphatic carboxylic acids is 1. The third-order valence-electron chi connectivity index (χ3n) is 3.26. The average molecular weight is 304 g/mol. The highest BCUT2D eigenvalue weighted by molar-refractivity contribution is 7.89. The number of aryl methyl sites for hydroxylation is 1. The fraction of sp³-hybridized carbons (Fsp3) is 0.417. The van der Waals surface area contributed by atoms with Gasteiger partial charge in [0.25, 0.3) is 0 Å². The Morgan fingerprint density at radius 3 is 2.68 bits per heavy atom. The molecule has 1 aliphatic heterocycles. The first-order valence-electron chi connectivity index (χ1n) is 5.81. The Morgan fingerprint density at radius 1 is 1.47 bits per heavy atom. The van der Waals surface area contributed by atoms with Crippen molar-refractivity contribution >= 4 is 27.6 Å². The lowest BCUT2D eigenvalue weighted by Gasteiger charge is -2.17. The number of carboxylic acid groups (broad SMARTS) is 1. The average Bonchev–Trinajstić information content (AvgIpc) is 2.78. The number of rotatable bonds is 3. The number of carboxylic acids is 1. The largest absolute Gasteiger partial charge is 0.481 e. The maximum Gasteiger partial charge on any atom is 0.307 e. The summed E-state index contributed by atoms with van der Waals surface area (Å²) >= 11 is 5.81. The van der Waals surface area contributed by atoms with Gasteiger partial charge in [-0.2, -0.15) is 4.31 Å². The van der Waals surface area contributed by atoms with Crippen molar-refractivity contribution in [2.45, 2.75) is 18.2 Å². The van der Waals surface area contributed by atoms with E-state index in [0.29, 0.717) is 17.0 Å². The fourth-order valence-electron chi connectivity index (χ4n) is 2.19. The van der Waals surface area contributed by atoms with E-state index in [1.54, 1.807) is 13.0 Å². The van der Waals surface area contributed by atoms with E-state index in [9.17, 15) is 13.2 Å². The zero-order valence-electron chi connectivity index (χ0n) is 10.3. The molecule has 0 aliphatic carbocycles. The predicted molar refractivity (Wildman–Crippen MR) is 70.7 cm³/mol. The van der Waals surface area contributed by atoms with Crippen LogP contribution in [0.3, 0.4) is 0 Å². The third kappa shape index (κ3) is 2.75. The molecule has 1 aromatic carbocycles. The van der Waals surface area contributed by atoms with Gasteiger partial charge in [0.1, 0.15) is 0 Å². The van der Waals surface area contributed by atoms with Gasteiger partial charge in [0.2, 0.25) is 10.0 Å². The molecule has 1 heterocycles. The Morgan fingerprint density at radius 2 is 2.16 bits per heavy atom.